The lowest BCUT2D eigenvalue weighted by Gasteiger charge is -2.03. The van der Waals surface area contributed by atoms with Gasteiger partial charge in [-0.15, -0.1) is 5.10 Å². The molecule has 1 aromatic carbocycles. The number of nitrogens with zero attached hydrogens (tertiary/aromatic N) is 3. The highest BCUT2D eigenvalue weighted by Gasteiger charge is 2.08. The van der Waals surface area contributed by atoms with E-state index in [0.717, 1.165) is 27.9 Å². The van der Waals surface area contributed by atoms with Crippen molar-refractivity contribution in [3.8, 4) is 11.4 Å². The lowest BCUT2D eigenvalue weighted by atomic mass is 10.2. The van der Waals surface area contributed by atoms with Gasteiger partial charge < -0.3 is 15.0 Å². The molecule has 0 aliphatic carbocycles. The summed E-state index contributed by atoms with van der Waals surface area (Å²) < 4.78 is 7.16. The number of nitrogens with two attached hydrogens (primary N) is 1. The molecule has 96 valence electrons. The highest BCUT2D eigenvalue weighted by Crippen LogP contribution is 2.24. The smallest absolute Gasteiger partial charge is 0.155 e. The molecule has 19 heavy (non-hydrogen) atoms. The van der Waals surface area contributed by atoms with Gasteiger partial charge in [0, 0.05) is 28.9 Å². The molecule has 0 radical (unpaired) electrons. The maximum absolute atomic E-state index is 5.86. The van der Waals surface area contributed by atoms with Gasteiger partial charge in [0.25, 0.3) is 0 Å². The number of nitrogen functional groups attached to an aromatic ring is 1. The Hall–Kier alpha value is -2.56. The standard InChI is InChI=1S/C14H14N4O/c1-9-12-7-18(8-13(12)14(15)17-16-9)10-3-5-11(19-2)6-4-10/h3-8H,1-2H3,(H2,15,17). The molecule has 5 nitrogen and oxygen atoms in total. The molecule has 3 rings (SSSR count). The van der Waals surface area contributed by atoms with E-state index in [1.165, 1.54) is 0 Å². The summed E-state index contributed by atoms with van der Waals surface area (Å²) in [6.07, 6.45) is 3.98. The first-order valence-corrected chi connectivity index (χ1v) is 5.94. The van der Waals surface area contributed by atoms with Crippen LogP contribution < -0.4 is 10.5 Å². The van der Waals surface area contributed by atoms with Crippen molar-refractivity contribution < 1.29 is 4.74 Å². The molecule has 0 spiro atoms. The summed E-state index contributed by atoms with van der Waals surface area (Å²) in [6.45, 7) is 1.92. The molecular weight excluding hydrogens is 240 g/mol. The maximum Gasteiger partial charge on any atom is 0.155 e. The van der Waals surface area contributed by atoms with Gasteiger partial charge in [0.1, 0.15) is 5.75 Å². The zero-order valence-electron chi connectivity index (χ0n) is 10.8. The number of fused-ring (bicyclic) bond motifs is 1. The monoisotopic (exact) mass is 254 g/mol. The van der Waals surface area contributed by atoms with Crippen molar-refractivity contribution in [2.75, 3.05) is 12.8 Å². The maximum atomic E-state index is 5.86. The SMILES string of the molecule is COc1ccc(-n2cc3c(C)nnc(N)c3c2)cc1. The Morgan fingerprint density at radius 2 is 1.74 bits per heavy atom. The molecule has 5 heteroatoms. The van der Waals surface area contributed by atoms with Crippen molar-refractivity contribution in [1.29, 1.82) is 0 Å². The number of ether oxygens (including phenoxy) is 1. The van der Waals surface area contributed by atoms with Crippen LogP contribution in [0.3, 0.4) is 0 Å². The second kappa shape index (κ2) is 4.28. The average molecular weight is 254 g/mol. The van der Waals surface area contributed by atoms with Crippen LogP contribution in [0.15, 0.2) is 36.7 Å². The first-order chi connectivity index (χ1) is 9.19. The second-order valence-corrected chi connectivity index (χ2v) is 4.36. The van der Waals surface area contributed by atoms with Crippen molar-refractivity contribution >= 4 is 16.6 Å². The third kappa shape index (κ3) is 1.89. The van der Waals surface area contributed by atoms with Gasteiger partial charge >= 0.3 is 0 Å². The highest BCUT2D eigenvalue weighted by molar-refractivity contribution is 5.92. The Labute approximate surface area is 110 Å². The van der Waals surface area contributed by atoms with Gasteiger partial charge in [-0.1, -0.05) is 0 Å². The molecule has 0 aliphatic heterocycles. The number of rotatable bonds is 2. The van der Waals surface area contributed by atoms with E-state index in [-0.39, 0.29) is 0 Å². The number of aromatic nitrogens is 3. The van der Waals surface area contributed by atoms with Gasteiger partial charge in [0.15, 0.2) is 5.82 Å². The van der Waals surface area contributed by atoms with Gasteiger partial charge in [-0.05, 0) is 31.2 Å². The molecule has 0 amide bonds. The highest BCUT2D eigenvalue weighted by atomic mass is 16.5. The van der Waals surface area contributed by atoms with E-state index in [1.54, 1.807) is 7.11 Å². The average Bonchev–Trinajstić information content (AvgIpc) is 2.89. The molecule has 2 heterocycles. The Morgan fingerprint density at radius 3 is 2.37 bits per heavy atom. The van der Waals surface area contributed by atoms with Crippen molar-refractivity contribution in [3.05, 3.63) is 42.4 Å². The van der Waals surface area contributed by atoms with Crippen LogP contribution in [0, 0.1) is 6.92 Å². The third-order valence-corrected chi connectivity index (χ3v) is 3.17. The second-order valence-electron chi connectivity index (χ2n) is 4.36. The summed E-state index contributed by atoms with van der Waals surface area (Å²) in [5.74, 6) is 1.28. The predicted molar refractivity (Wildman–Crippen MR) is 74.6 cm³/mol. The van der Waals surface area contributed by atoms with Crippen LogP contribution in [0.2, 0.25) is 0 Å². The fraction of sp³-hybridized carbons (Fsp3) is 0.143. The molecule has 0 bridgehead atoms. The summed E-state index contributed by atoms with van der Waals surface area (Å²) in [4.78, 5) is 0. The van der Waals surface area contributed by atoms with Gasteiger partial charge in [0.2, 0.25) is 0 Å². The van der Waals surface area contributed by atoms with Crippen LogP contribution in [0.25, 0.3) is 16.5 Å². The summed E-state index contributed by atoms with van der Waals surface area (Å²) >= 11 is 0. The fourth-order valence-electron chi connectivity index (χ4n) is 2.09. The zero-order valence-corrected chi connectivity index (χ0v) is 10.8. The molecule has 0 saturated carbocycles. The minimum absolute atomic E-state index is 0.452. The van der Waals surface area contributed by atoms with E-state index in [0.29, 0.717) is 5.82 Å². The number of anilines is 1. The fourth-order valence-corrected chi connectivity index (χ4v) is 2.09. The molecule has 0 unspecified atom stereocenters. The molecule has 2 aromatic heterocycles. The molecule has 0 saturated heterocycles. The van der Waals surface area contributed by atoms with Gasteiger partial charge in [-0.2, -0.15) is 5.10 Å². The van der Waals surface area contributed by atoms with Crippen molar-refractivity contribution in [3.63, 3.8) is 0 Å². The van der Waals surface area contributed by atoms with Crippen LogP contribution in [0.1, 0.15) is 5.69 Å². The Kier molecular flexibility index (Phi) is 2.59. The topological polar surface area (TPSA) is 66.0 Å². The zero-order chi connectivity index (χ0) is 13.4. The minimum atomic E-state index is 0.452. The molecule has 0 fully saturated rings. The molecule has 0 aliphatic rings. The first kappa shape index (κ1) is 11.5. The number of hydrogen-bond donors (Lipinski definition) is 1. The van der Waals surface area contributed by atoms with E-state index in [2.05, 4.69) is 10.2 Å². The van der Waals surface area contributed by atoms with Crippen LogP contribution >= 0.6 is 0 Å². The minimum Gasteiger partial charge on any atom is -0.497 e. The summed E-state index contributed by atoms with van der Waals surface area (Å²) in [6, 6.07) is 7.83. The summed E-state index contributed by atoms with van der Waals surface area (Å²) in [7, 11) is 1.65. The number of methoxy groups -OCH3 is 1. The summed E-state index contributed by atoms with van der Waals surface area (Å²) in [5.41, 5.74) is 7.76. The van der Waals surface area contributed by atoms with Gasteiger partial charge in [0.05, 0.1) is 12.8 Å². The van der Waals surface area contributed by atoms with E-state index in [1.807, 2.05) is 48.1 Å². The van der Waals surface area contributed by atoms with Gasteiger partial charge in [-0.3, -0.25) is 0 Å². The Morgan fingerprint density at radius 1 is 1.05 bits per heavy atom. The van der Waals surface area contributed by atoms with Crippen molar-refractivity contribution in [2.45, 2.75) is 6.92 Å². The lowest BCUT2D eigenvalue weighted by molar-refractivity contribution is 0.415. The van der Waals surface area contributed by atoms with Crippen LogP contribution in [-0.2, 0) is 0 Å². The van der Waals surface area contributed by atoms with E-state index < -0.39 is 0 Å². The molecule has 0 atom stereocenters. The van der Waals surface area contributed by atoms with Gasteiger partial charge in [-0.25, -0.2) is 0 Å². The van der Waals surface area contributed by atoms with Crippen LogP contribution in [0.4, 0.5) is 5.82 Å². The van der Waals surface area contributed by atoms with Crippen LogP contribution in [-0.4, -0.2) is 21.9 Å². The quantitative estimate of drug-likeness (QED) is 0.762. The van der Waals surface area contributed by atoms with E-state index in [9.17, 15) is 0 Å². The third-order valence-electron chi connectivity index (χ3n) is 3.17. The lowest BCUT2D eigenvalue weighted by Crippen LogP contribution is -1.94. The molecule has 2 N–H and O–H groups in total. The first-order valence-electron chi connectivity index (χ1n) is 5.94. The van der Waals surface area contributed by atoms with Crippen molar-refractivity contribution in [1.82, 2.24) is 14.8 Å². The largest absolute Gasteiger partial charge is 0.497 e. The number of hydrogen-bond acceptors (Lipinski definition) is 4. The van der Waals surface area contributed by atoms with E-state index >= 15 is 0 Å². The van der Waals surface area contributed by atoms with E-state index in [4.69, 9.17) is 10.5 Å². The molecule has 3 aromatic rings. The molecular formula is C14H14N4O. The van der Waals surface area contributed by atoms with Crippen molar-refractivity contribution in [2.24, 2.45) is 0 Å². The summed E-state index contributed by atoms with van der Waals surface area (Å²) in [5, 5.41) is 9.91. The number of benzene rings is 1. The Balaban J connectivity index is 2.14. The normalized spacial score (nSPS) is 10.8. The Bertz CT molecular complexity index is 692. The van der Waals surface area contributed by atoms with Crippen LogP contribution in [0.5, 0.6) is 5.75 Å². The number of aryl methyl sites for hydroxylation is 1. The predicted octanol–water partition coefficient (Wildman–Crippen LogP) is 2.32.